The Balaban J connectivity index is 1.78. The summed E-state index contributed by atoms with van der Waals surface area (Å²) in [6.07, 6.45) is 8.10. The van der Waals surface area contributed by atoms with E-state index in [2.05, 4.69) is 43.4 Å². The highest BCUT2D eigenvalue weighted by Gasteiger charge is 2.53. The third kappa shape index (κ3) is 5.54. The van der Waals surface area contributed by atoms with Crippen LogP contribution in [-0.2, 0) is 35.7 Å². The number of rotatable bonds is 8. The topological polar surface area (TPSA) is 127 Å². The molecule has 3 aromatic rings. The summed E-state index contributed by atoms with van der Waals surface area (Å²) < 4.78 is 10.5. The number of methoxy groups -OCH3 is 2. The number of esters is 2. The third-order valence-electron chi connectivity index (χ3n) is 10.5. The Kier molecular flexibility index (Phi) is 9.12. The van der Waals surface area contributed by atoms with Crippen molar-refractivity contribution in [3.8, 4) is 0 Å². The van der Waals surface area contributed by atoms with Crippen LogP contribution in [0, 0.1) is 19.8 Å². The fraction of sp³-hybridized carbons (Fsp3) is 0.341. The van der Waals surface area contributed by atoms with Crippen LogP contribution in [0.5, 0.6) is 0 Å². The molecule has 3 aliphatic rings. The minimum absolute atomic E-state index is 0.127. The van der Waals surface area contributed by atoms with Crippen molar-refractivity contribution in [2.24, 2.45) is 5.92 Å². The van der Waals surface area contributed by atoms with Gasteiger partial charge in [-0.25, -0.2) is 9.78 Å². The molecule has 2 atom stereocenters. The number of carbonyl (C=O) groups excluding carboxylic acids is 3. The second kappa shape index (κ2) is 13.2. The molecule has 3 aromatic heterocycles. The smallest absolute Gasteiger partial charge is 0.334 e. The van der Waals surface area contributed by atoms with Gasteiger partial charge in [-0.1, -0.05) is 38.2 Å². The van der Waals surface area contributed by atoms with Crippen molar-refractivity contribution in [3.63, 3.8) is 0 Å². The van der Waals surface area contributed by atoms with Gasteiger partial charge in [0.25, 0.3) is 0 Å². The molecule has 0 amide bonds. The van der Waals surface area contributed by atoms with Crippen molar-refractivity contribution >= 4 is 62.6 Å². The van der Waals surface area contributed by atoms with Gasteiger partial charge in [0.1, 0.15) is 11.7 Å². The number of nitrogens with zero attached hydrogens (tertiary/aromatic N) is 2. The van der Waals surface area contributed by atoms with Crippen LogP contribution in [0.15, 0.2) is 48.6 Å². The minimum atomic E-state index is -1.06. The second-order valence-electron chi connectivity index (χ2n) is 13.5. The van der Waals surface area contributed by atoms with Crippen molar-refractivity contribution in [2.75, 3.05) is 14.2 Å². The van der Waals surface area contributed by atoms with Gasteiger partial charge < -0.3 is 24.2 Å². The van der Waals surface area contributed by atoms with Crippen LogP contribution in [-0.4, -0.2) is 51.9 Å². The molecule has 0 spiro atoms. The van der Waals surface area contributed by atoms with Gasteiger partial charge in [-0.3, -0.25) is 9.78 Å². The van der Waals surface area contributed by atoms with Crippen LogP contribution in [0.25, 0.3) is 44.9 Å². The van der Waals surface area contributed by atoms with E-state index in [-0.39, 0.29) is 11.4 Å². The van der Waals surface area contributed by atoms with Gasteiger partial charge in [-0.2, -0.15) is 0 Å². The van der Waals surface area contributed by atoms with E-state index in [1.165, 1.54) is 14.2 Å². The zero-order valence-corrected chi connectivity index (χ0v) is 30.1. The molecule has 258 valence electrons. The number of aromatic nitrogens is 4. The molecule has 0 saturated heterocycles. The van der Waals surface area contributed by atoms with Crippen molar-refractivity contribution < 1.29 is 23.9 Å². The lowest BCUT2D eigenvalue weighted by Gasteiger charge is -2.36. The molecule has 2 unspecified atom stereocenters. The maximum atomic E-state index is 13.7. The molecule has 0 aromatic carbocycles. The maximum absolute atomic E-state index is 13.7. The minimum Gasteiger partial charge on any atom is -0.469 e. The Labute approximate surface area is 292 Å². The van der Waals surface area contributed by atoms with E-state index in [9.17, 15) is 14.4 Å². The van der Waals surface area contributed by atoms with Gasteiger partial charge in [-0.15, -0.1) is 0 Å². The Morgan fingerprint density at radius 2 is 1.56 bits per heavy atom. The number of ether oxygens (including phenoxy) is 2. The number of aromatic amines is 2. The molecule has 9 nitrogen and oxygen atoms in total. The second-order valence-corrected chi connectivity index (χ2v) is 13.5. The molecule has 2 aliphatic heterocycles. The number of fused-ring (bicyclic) bond motifs is 11. The molecule has 6 rings (SSSR count). The number of carbonyl (C=O) groups is 3. The Bertz CT molecular complexity index is 2250. The number of nitrogens with one attached hydrogen (secondary N) is 2. The highest BCUT2D eigenvalue weighted by molar-refractivity contribution is 6.02. The van der Waals surface area contributed by atoms with Crippen LogP contribution in [0.2, 0.25) is 0 Å². The SMILES string of the molecule is C=Cc1c(C)c2cc3nc(cc4[nH]c(cc5nc(cc1[nH]2)C(C)=C5CCC(C)=O)c(CCC)c4C)C1(C)C3=CC=C(C(=O)OC)C1C(=O)OC. The number of Topliss-reactive ketones (excluding diaryl/α,β-unsaturated/α-hetero) is 1. The Morgan fingerprint density at radius 3 is 2.22 bits per heavy atom. The van der Waals surface area contributed by atoms with E-state index in [0.29, 0.717) is 24.2 Å². The third-order valence-corrected chi connectivity index (χ3v) is 10.5. The molecule has 2 N–H and O–H groups in total. The summed E-state index contributed by atoms with van der Waals surface area (Å²) in [5.41, 5.74) is 12.5. The van der Waals surface area contributed by atoms with Gasteiger partial charge in [0.2, 0.25) is 0 Å². The van der Waals surface area contributed by atoms with Gasteiger partial charge >= 0.3 is 11.9 Å². The highest BCUT2D eigenvalue weighted by Crippen LogP contribution is 2.52. The summed E-state index contributed by atoms with van der Waals surface area (Å²) in [7, 11) is 2.63. The van der Waals surface area contributed by atoms with Gasteiger partial charge in [0.05, 0.1) is 48.0 Å². The van der Waals surface area contributed by atoms with Gasteiger partial charge in [-0.05, 0) is 105 Å². The normalized spacial score (nSPS) is 18.3. The molecule has 50 heavy (non-hydrogen) atoms. The summed E-state index contributed by atoms with van der Waals surface area (Å²) in [6, 6.07) is 8.11. The molecule has 9 heteroatoms. The fourth-order valence-electron chi connectivity index (χ4n) is 7.67. The van der Waals surface area contributed by atoms with Crippen LogP contribution in [0.3, 0.4) is 0 Å². The fourth-order valence-corrected chi connectivity index (χ4v) is 7.67. The number of aryl methyl sites for hydroxylation is 3. The van der Waals surface area contributed by atoms with E-state index in [0.717, 1.165) is 85.3 Å². The molecule has 0 radical (unpaired) electrons. The average molecular weight is 673 g/mol. The van der Waals surface area contributed by atoms with Crippen LogP contribution in [0.1, 0.15) is 92.0 Å². The van der Waals surface area contributed by atoms with Crippen LogP contribution < -0.4 is 0 Å². The van der Waals surface area contributed by atoms with Crippen molar-refractivity contribution in [1.29, 1.82) is 0 Å². The first-order chi connectivity index (χ1) is 23.9. The molecule has 0 fully saturated rings. The maximum Gasteiger partial charge on any atom is 0.334 e. The Hall–Kier alpha value is -5.31. The average Bonchev–Trinajstić information content (AvgIpc) is 3.74. The Morgan fingerprint density at radius 1 is 0.880 bits per heavy atom. The predicted molar refractivity (Wildman–Crippen MR) is 198 cm³/mol. The van der Waals surface area contributed by atoms with Crippen LogP contribution >= 0.6 is 0 Å². The molecule has 1 aliphatic carbocycles. The lowest BCUT2D eigenvalue weighted by atomic mass is 9.64. The summed E-state index contributed by atoms with van der Waals surface area (Å²) in [4.78, 5) is 56.5. The van der Waals surface area contributed by atoms with E-state index in [1.54, 1.807) is 13.0 Å². The highest BCUT2D eigenvalue weighted by atomic mass is 16.5. The number of ketones is 1. The first-order valence-corrected chi connectivity index (χ1v) is 17.0. The molecule has 8 bridgehead atoms. The van der Waals surface area contributed by atoms with Gasteiger partial charge in [0, 0.05) is 34.1 Å². The molecule has 0 saturated carbocycles. The monoisotopic (exact) mass is 672 g/mol. The first-order valence-electron chi connectivity index (χ1n) is 17.0. The van der Waals surface area contributed by atoms with Crippen molar-refractivity contribution in [2.45, 2.75) is 72.6 Å². The number of hydrogen-bond donors (Lipinski definition) is 2. The quantitative estimate of drug-likeness (QED) is 0.232. The number of H-pyrrole nitrogens is 2. The van der Waals surface area contributed by atoms with Crippen molar-refractivity contribution in [1.82, 2.24) is 19.9 Å². The number of hydrogen-bond acceptors (Lipinski definition) is 7. The van der Waals surface area contributed by atoms with Crippen LogP contribution in [0.4, 0.5) is 0 Å². The molecule has 5 heterocycles. The predicted octanol–water partition coefficient (Wildman–Crippen LogP) is 8.07. The summed E-state index contributed by atoms with van der Waals surface area (Å²) in [6.45, 7) is 16.0. The van der Waals surface area contributed by atoms with E-state index in [4.69, 9.17) is 19.4 Å². The first kappa shape index (κ1) is 34.5. The lowest BCUT2D eigenvalue weighted by Crippen LogP contribution is -2.42. The van der Waals surface area contributed by atoms with Crippen molar-refractivity contribution in [3.05, 3.63) is 93.6 Å². The summed E-state index contributed by atoms with van der Waals surface area (Å²) in [5, 5.41) is 0. The molecular formula is C41H44N4O5. The van der Waals surface area contributed by atoms with Gasteiger partial charge in [0.15, 0.2) is 0 Å². The van der Waals surface area contributed by atoms with E-state index < -0.39 is 23.3 Å². The number of allylic oxidation sites excluding steroid dienone is 5. The largest absolute Gasteiger partial charge is 0.469 e. The molecular weight excluding hydrogens is 628 g/mol. The summed E-state index contributed by atoms with van der Waals surface area (Å²) >= 11 is 0. The standard InChI is InChI=1S/C41H44N4O5/c1-10-12-26-23(5)32-20-37-41(7)29(16-15-28(39(47)49-8)38(41)40(48)50-9)36(45-37)18-31-22(4)25(11-2)33(42-31)17-30-24(6)27(14-13-21(3)46)35(43-30)19-34(26)44-32/h11,15-20,38,42,44H,2,10,12-14H2,1,3-9H3. The zero-order chi connectivity index (χ0) is 36.1. The lowest BCUT2D eigenvalue weighted by molar-refractivity contribution is -0.149. The van der Waals surface area contributed by atoms with E-state index >= 15 is 0 Å². The summed E-state index contributed by atoms with van der Waals surface area (Å²) in [5.74, 6) is -2.03. The zero-order valence-electron chi connectivity index (χ0n) is 30.1. The van der Waals surface area contributed by atoms with E-state index in [1.807, 2.05) is 44.2 Å².